The molecule has 3 heterocycles. The molecule has 0 spiro atoms. The van der Waals surface area contributed by atoms with Gasteiger partial charge in [0.15, 0.2) is 17.5 Å². The monoisotopic (exact) mass is 715 g/mol. The van der Waals surface area contributed by atoms with Crippen LogP contribution in [-0.2, 0) is 0 Å². The Balaban J connectivity index is 1.08. The number of benzene rings is 8. The van der Waals surface area contributed by atoms with Crippen LogP contribution in [0.5, 0.6) is 0 Å². The summed E-state index contributed by atoms with van der Waals surface area (Å²) in [5, 5.41) is 4.85. The van der Waals surface area contributed by atoms with Crippen molar-refractivity contribution in [2.45, 2.75) is 0 Å². The van der Waals surface area contributed by atoms with E-state index in [1.54, 1.807) is 0 Å². The van der Waals surface area contributed by atoms with Gasteiger partial charge >= 0.3 is 0 Å². The smallest absolute Gasteiger partial charge is 0.164 e. The second-order valence-corrected chi connectivity index (χ2v) is 14.1. The number of hydrogen-bond acceptors (Lipinski definition) is 3. The third-order valence-corrected chi connectivity index (χ3v) is 10.8. The Kier molecular flexibility index (Phi) is 7.42. The summed E-state index contributed by atoms with van der Waals surface area (Å²) in [4.78, 5) is 14.8. The van der Waals surface area contributed by atoms with Crippen LogP contribution in [0.25, 0.3) is 100 Å². The molecule has 0 amide bonds. The van der Waals surface area contributed by atoms with Gasteiger partial charge in [0.05, 0.1) is 22.1 Å². The highest BCUT2D eigenvalue weighted by Crippen LogP contribution is 2.40. The molecule has 0 N–H and O–H groups in total. The molecular weight excluding hydrogens is 683 g/mol. The SMILES string of the molecule is c1ccc(-c2cccc(-n3c4ccccc4c4cc5c(cc43)c3ccccc3n5-c3ccc(-c4nc(-c5ccccc5)nc(-c5ccccc5)n4)cc3)c2)cc1. The molecule has 11 rings (SSSR count). The van der Waals surface area contributed by atoms with Gasteiger partial charge in [0.25, 0.3) is 0 Å². The van der Waals surface area contributed by atoms with Gasteiger partial charge in [-0.25, -0.2) is 15.0 Å². The number of para-hydroxylation sites is 2. The highest BCUT2D eigenvalue weighted by Gasteiger charge is 2.19. The molecule has 0 fully saturated rings. The average molecular weight is 716 g/mol. The zero-order chi connectivity index (χ0) is 37.0. The molecule has 56 heavy (non-hydrogen) atoms. The van der Waals surface area contributed by atoms with E-state index in [0.29, 0.717) is 17.5 Å². The maximum atomic E-state index is 4.97. The van der Waals surface area contributed by atoms with Crippen molar-refractivity contribution in [2.75, 3.05) is 0 Å². The lowest BCUT2D eigenvalue weighted by molar-refractivity contribution is 1.07. The second kappa shape index (κ2) is 13.0. The zero-order valence-electron chi connectivity index (χ0n) is 30.3. The van der Waals surface area contributed by atoms with Crippen LogP contribution in [0.15, 0.2) is 200 Å². The van der Waals surface area contributed by atoms with Gasteiger partial charge in [-0.1, -0.05) is 140 Å². The summed E-state index contributed by atoms with van der Waals surface area (Å²) in [5.41, 5.74) is 12.1. The zero-order valence-corrected chi connectivity index (χ0v) is 30.3. The fraction of sp³-hybridized carbons (Fsp3) is 0. The van der Waals surface area contributed by atoms with Gasteiger partial charge in [0, 0.05) is 49.6 Å². The Morgan fingerprint density at radius 3 is 1.18 bits per heavy atom. The standard InChI is InChI=1S/C51H33N5/c1-4-15-34(16-5-1)38-21-14-22-40(31-38)56-46-26-13-11-24-42(46)44-32-47-43(33-48(44)56)41-23-10-12-25-45(41)55(47)39-29-27-37(28-30-39)51-53-49(35-17-6-2-7-18-35)52-50(54-51)36-19-8-3-9-20-36/h1-33H. The number of fused-ring (bicyclic) bond motifs is 6. The normalized spacial score (nSPS) is 11.6. The minimum Gasteiger partial charge on any atom is -0.309 e. The molecule has 0 unspecified atom stereocenters. The van der Waals surface area contributed by atoms with Crippen molar-refractivity contribution in [3.05, 3.63) is 200 Å². The Labute approximate surface area is 323 Å². The molecule has 0 aliphatic heterocycles. The molecule has 262 valence electrons. The van der Waals surface area contributed by atoms with Crippen LogP contribution in [-0.4, -0.2) is 24.1 Å². The van der Waals surface area contributed by atoms with Crippen LogP contribution in [0.2, 0.25) is 0 Å². The third kappa shape index (κ3) is 5.29. The molecule has 11 aromatic rings. The van der Waals surface area contributed by atoms with Gasteiger partial charge in [-0.15, -0.1) is 0 Å². The molecule has 0 saturated heterocycles. The van der Waals surface area contributed by atoms with Crippen LogP contribution in [0, 0.1) is 0 Å². The molecule has 0 radical (unpaired) electrons. The quantitative estimate of drug-likeness (QED) is 0.172. The maximum Gasteiger partial charge on any atom is 0.164 e. The van der Waals surface area contributed by atoms with Crippen molar-refractivity contribution >= 4 is 43.6 Å². The fourth-order valence-corrected chi connectivity index (χ4v) is 8.14. The van der Waals surface area contributed by atoms with Gasteiger partial charge in [0.1, 0.15) is 0 Å². The Hall–Kier alpha value is -7.63. The van der Waals surface area contributed by atoms with E-state index in [4.69, 9.17) is 15.0 Å². The van der Waals surface area contributed by atoms with Gasteiger partial charge in [-0.05, 0) is 71.8 Å². The van der Waals surface area contributed by atoms with E-state index in [9.17, 15) is 0 Å². The van der Waals surface area contributed by atoms with Crippen molar-refractivity contribution in [2.24, 2.45) is 0 Å². The summed E-state index contributed by atoms with van der Waals surface area (Å²) in [5.74, 6) is 1.93. The Bertz CT molecular complexity index is 3160. The minimum atomic E-state index is 0.636. The summed E-state index contributed by atoms with van der Waals surface area (Å²) >= 11 is 0. The topological polar surface area (TPSA) is 48.5 Å². The number of nitrogens with zero attached hydrogens (tertiary/aromatic N) is 5. The molecule has 0 aliphatic carbocycles. The first kappa shape index (κ1) is 31.9. The summed E-state index contributed by atoms with van der Waals surface area (Å²) < 4.78 is 4.80. The van der Waals surface area contributed by atoms with Crippen molar-refractivity contribution in [3.63, 3.8) is 0 Å². The summed E-state index contributed by atoms with van der Waals surface area (Å²) in [6.07, 6.45) is 0. The highest BCUT2D eigenvalue weighted by molar-refractivity contribution is 6.19. The Morgan fingerprint density at radius 1 is 0.250 bits per heavy atom. The summed E-state index contributed by atoms with van der Waals surface area (Å²) in [6.45, 7) is 0. The first-order chi connectivity index (χ1) is 27.8. The second-order valence-electron chi connectivity index (χ2n) is 14.1. The van der Waals surface area contributed by atoms with Crippen molar-refractivity contribution < 1.29 is 0 Å². The van der Waals surface area contributed by atoms with Gasteiger partial charge < -0.3 is 9.13 Å². The molecule has 5 heteroatoms. The van der Waals surface area contributed by atoms with E-state index in [0.717, 1.165) is 39.1 Å². The third-order valence-electron chi connectivity index (χ3n) is 10.8. The van der Waals surface area contributed by atoms with Crippen molar-refractivity contribution in [1.82, 2.24) is 24.1 Å². The van der Waals surface area contributed by atoms with Crippen molar-refractivity contribution in [1.29, 1.82) is 0 Å². The number of aromatic nitrogens is 5. The molecule has 5 nitrogen and oxygen atoms in total. The first-order valence-electron chi connectivity index (χ1n) is 18.9. The van der Waals surface area contributed by atoms with E-state index in [-0.39, 0.29) is 0 Å². The number of rotatable bonds is 6. The molecule has 0 bridgehead atoms. The highest BCUT2D eigenvalue weighted by atomic mass is 15.0. The molecule has 0 saturated carbocycles. The molecule has 3 aromatic heterocycles. The number of hydrogen-bond donors (Lipinski definition) is 0. The van der Waals surface area contributed by atoms with Gasteiger partial charge in [-0.2, -0.15) is 0 Å². The molecule has 0 atom stereocenters. The van der Waals surface area contributed by atoms with E-state index in [2.05, 4.69) is 149 Å². The predicted octanol–water partition coefficient (Wildman–Crippen LogP) is 12.7. The molecule has 8 aromatic carbocycles. The maximum absolute atomic E-state index is 4.97. The molecule has 0 aliphatic rings. The lowest BCUT2D eigenvalue weighted by Crippen LogP contribution is -2.00. The lowest BCUT2D eigenvalue weighted by atomic mass is 10.1. The summed E-state index contributed by atoms with van der Waals surface area (Å²) in [7, 11) is 0. The van der Waals surface area contributed by atoms with Crippen LogP contribution in [0.3, 0.4) is 0 Å². The van der Waals surface area contributed by atoms with Crippen LogP contribution in [0.1, 0.15) is 0 Å². The van der Waals surface area contributed by atoms with E-state index in [1.165, 1.54) is 43.7 Å². The van der Waals surface area contributed by atoms with Crippen LogP contribution in [0.4, 0.5) is 0 Å². The molecular formula is C51H33N5. The van der Waals surface area contributed by atoms with Crippen molar-refractivity contribution in [3.8, 4) is 56.7 Å². The van der Waals surface area contributed by atoms with Crippen LogP contribution < -0.4 is 0 Å². The Morgan fingerprint density at radius 2 is 0.661 bits per heavy atom. The summed E-state index contributed by atoms with van der Waals surface area (Å²) in [6, 6.07) is 70.5. The van der Waals surface area contributed by atoms with E-state index in [1.807, 2.05) is 60.7 Å². The predicted molar refractivity (Wildman–Crippen MR) is 230 cm³/mol. The fourth-order valence-electron chi connectivity index (χ4n) is 8.14. The van der Waals surface area contributed by atoms with E-state index < -0.39 is 0 Å². The van der Waals surface area contributed by atoms with Crippen LogP contribution >= 0.6 is 0 Å². The average Bonchev–Trinajstić information content (AvgIpc) is 3.78. The van der Waals surface area contributed by atoms with Gasteiger partial charge in [0.2, 0.25) is 0 Å². The minimum absolute atomic E-state index is 0.636. The lowest BCUT2D eigenvalue weighted by Gasteiger charge is -2.11. The first-order valence-corrected chi connectivity index (χ1v) is 18.9. The van der Waals surface area contributed by atoms with Gasteiger partial charge in [-0.3, -0.25) is 0 Å². The van der Waals surface area contributed by atoms with E-state index >= 15 is 0 Å². The largest absolute Gasteiger partial charge is 0.309 e.